The molecular weight excluding hydrogens is 289 g/mol. The fourth-order valence-corrected chi connectivity index (χ4v) is 1.60. The summed E-state index contributed by atoms with van der Waals surface area (Å²) in [5.74, 6) is -0.922. The number of amides is 1. The van der Waals surface area contributed by atoms with Crippen LogP contribution in [0.2, 0.25) is 5.02 Å². The molecule has 0 aliphatic rings. The highest BCUT2D eigenvalue weighted by Crippen LogP contribution is 2.26. The average molecular weight is 297 g/mol. The summed E-state index contributed by atoms with van der Waals surface area (Å²) in [6, 6.07) is 2.99. The quantitative estimate of drug-likeness (QED) is 0.636. The Labute approximate surface area is 110 Å². The molecule has 0 N–H and O–H groups in total. The molecule has 1 rings (SSSR count). The molecule has 0 aliphatic heterocycles. The van der Waals surface area contributed by atoms with Crippen molar-refractivity contribution in [3.63, 3.8) is 0 Å². The fraction of sp³-hybridized carbons (Fsp3) is 0.300. The molecule has 0 bridgehead atoms. The van der Waals surface area contributed by atoms with Crippen LogP contribution in [0.15, 0.2) is 18.2 Å². The van der Waals surface area contributed by atoms with E-state index in [0.29, 0.717) is 4.90 Å². The molecule has 19 heavy (non-hydrogen) atoms. The van der Waals surface area contributed by atoms with E-state index < -0.39 is 29.2 Å². The van der Waals surface area contributed by atoms with Crippen molar-refractivity contribution in [2.75, 3.05) is 13.6 Å². The Morgan fingerprint density at radius 1 is 1.47 bits per heavy atom. The molecule has 1 aromatic rings. The van der Waals surface area contributed by atoms with Gasteiger partial charge in [0.25, 0.3) is 11.6 Å². The topological polar surface area (TPSA) is 63.5 Å². The summed E-state index contributed by atoms with van der Waals surface area (Å²) in [5.41, 5.74) is -0.570. The van der Waals surface area contributed by atoms with Gasteiger partial charge in [0.1, 0.15) is 11.6 Å². The molecule has 9 heteroatoms. The van der Waals surface area contributed by atoms with Gasteiger partial charge >= 0.3 is 6.18 Å². The average Bonchev–Trinajstić information content (AvgIpc) is 2.24. The first-order chi connectivity index (χ1) is 8.61. The van der Waals surface area contributed by atoms with Crippen molar-refractivity contribution < 1.29 is 22.9 Å². The van der Waals surface area contributed by atoms with E-state index in [1.54, 1.807) is 0 Å². The summed E-state index contributed by atoms with van der Waals surface area (Å²) in [5, 5.41) is 10.2. The van der Waals surface area contributed by atoms with Gasteiger partial charge in [0, 0.05) is 18.7 Å². The largest absolute Gasteiger partial charge is 0.406 e. The molecule has 0 spiro atoms. The lowest BCUT2D eigenvalue weighted by molar-refractivity contribution is -0.384. The van der Waals surface area contributed by atoms with Gasteiger partial charge in [0.05, 0.1) is 4.92 Å². The molecule has 0 fully saturated rings. The number of benzene rings is 1. The smallest absolute Gasteiger partial charge is 0.333 e. The molecule has 0 saturated heterocycles. The summed E-state index contributed by atoms with van der Waals surface area (Å²) in [6.07, 6.45) is -4.52. The van der Waals surface area contributed by atoms with Crippen LogP contribution in [0, 0.1) is 10.1 Å². The number of nitro groups is 1. The third kappa shape index (κ3) is 4.09. The number of nitrogens with zero attached hydrogens (tertiary/aromatic N) is 2. The molecule has 1 amide bonds. The molecule has 1 aromatic carbocycles. The van der Waals surface area contributed by atoms with E-state index in [4.69, 9.17) is 11.6 Å². The maximum Gasteiger partial charge on any atom is 0.406 e. The van der Waals surface area contributed by atoms with Crippen LogP contribution in [0.5, 0.6) is 0 Å². The SMILES string of the molecule is CN(CC(F)(F)F)C(=O)c1ccc([N+](=O)[O-])c(Cl)c1. The molecule has 0 aliphatic carbocycles. The minimum absolute atomic E-state index is 0.151. The standard InChI is InChI=1S/C10H8ClF3N2O3/c1-15(5-10(12,13)14)9(17)6-2-3-8(16(18)19)7(11)4-6/h2-4H,5H2,1H3. The summed E-state index contributed by atoms with van der Waals surface area (Å²) >= 11 is 5.57. The first-order valence-electron chi connectivity index (χ1n) is 4.88. The van der Waals surface area contributed by atoms with Crippen LogP contribution in [0.1, 0.15) is 10.4 Å². The van der Waals surface area contributed by atoms with Crippen LogP contribution in [-0.4, -0.2) is 35.5 Å². The highest BCUT2D eigenvalue weighted by Gasteiger charge is 2.31. The van der Waals surface area contributed by atoms with E-state index >= 15 is 0 Å². The zero-order valence-corrected chi connectivity index (χ0v) is 10.3. The summed E-state index contributed by atoms with van der Waals surface area (Å²) < 4.78 is 36.4. The molecule has 0 saturated carbocycles. The molecule has 0 aromatic heterocycles. The van der Waals surface area contributed by atoms with Gasteiger partial charge in [-0.1, -0.05) is 11.6 Å². The van der Waals surface area contributed by atoms with Gasteiger partial charge in [-0.25, -0.2) is 0 Å². The van der Waals surface area contributed by atoms with Crippen molar-refractivity contribution in [3.8, 4) is 0 Å². The van der Waals surface area contributed by atoms with Gasteiger partial charge in [-0.2, -0.15) is 13.2 Å². The maximum atomic E-state index is 12.1. The Balaban J connectivity index is 2.95. The van der Waals surface area contributed by atoms with E-state index in [1.807, 2.05) is 0 Å². The van der Waals surface area contributed by atoms with Crippen LogP contribution in [0.3, 0.4) is 0 Å². The Morgan fingerprint density at radius 3 is 2.47 bits per heavy atom. The minimum Gasteiger partial charge on any atom is -0.333 e. The van der Waals surface area contributed by atoms with Crippen molar-refractivity contribution in [2.24, 2.45) is 0 Å². The molecule has 5 nitrogen and oxygen atoms in total. The minimum atomic E-state index is -4.52. The van der Waals surface area contributed by atoms with Crippen LogP contribution in [-0.2, 0) is 0 Å². The van der Waals surface area contributed by atoms with Crippen molar-refractivity contribution >= 4 is 23.2 Å². The highest BCUT2D eigenvalue weighted by atomic mass is 35.5. The summed E-state index contributed by atoms with van der Waals surface area (Å²) in [6.45, 7) is -1.42. The van der Waals surface area contributed by atoms with Gasteiger partial charge in [-0.05, 0) is 12.1 Å². The zero-order valence-electron chi connectivity index (χ0n) is 9.57. The number of nitro benzene ring substituents is 1. The second-order valence-corrected chi connectivity index (χ2v) is 4.11. The van der Waals surface area contributed by atoms with Gasteiger partial charge in [0.2, 0.25) is 0 Å². The predicted octanol–water partition coefficient (Wildman–Crippen LogP) is 2.88. The van der Waals surface area contributed by atoms with Crippen LogP contribution in [0.25, 0.3) is 0 Å². The van der Waals surface area contributed by atoms with E-state index in [9.17, 15) is 28.1 Å². The number of hydrogen-bond donors (Lipinski definition) is 0. The summed E-state index contributed by atoms with van der Waals surface area (Å²) in [7, 11) is 0.977. The number of halogens is 4. The Bertz CT molecular complexity index is 519. The highest BCUT2D eigenvalue weighted by molar-refractivity contribution is 6.33. The van der Waals surface area contributed by atoms with Crippen LogP contribution < -0.4 is 0 Å². The number of carbonyl (C=O) groups excluding carboxylic acids is 1. The van der Waals surface area contributed by atoms with Crippen molar-refractivity contribution in [2.45, 2.75) is 6.18 Å². The van der Waals surface area contributed by atoms with Gasteiger partial charge in [0.15, 0.2) is 0 Å². The van der Waals surface area contributed by atoms with Gasteiger partial charge < -0.3 is 4.90 Å². The number of alkyl halides is 3. The lowest BCUT2D eigenvalue weighted by Gasteiger charge is -2.18. The fourth-order valence-electron chi connectivity index (χ4n) is 1.35. The van der Waals surface area contributed by atoms with Crippen LogP contribution >= 0.6 is 11.6 Å². The first-order valence-corrected chi connectivity index (χ1v) is 5.26. The summed E-state index contributed by atoms with van der Waals surface area (Å²) in [4.78, 5) is 21.9. The number of hydrogen-bond acceptors (Lipinski definition) is 3. The Hall–Kier alpha value is -1.83. The first kappa shape index (κ1) is 15.2. The van der Waals surface area contributed by atoms with E-state index in [-0.39, 0.29) is 10.6 Å². The molecule has 0 heterocycles. The normalized spacial score (nSPS) is 11.2. The second-order valence-electron chi connectivity index (χ2n) is 3.70. The van der Waals surface area contributed by atoms with Gasteiger partial charge in [-0.15, -0.1) is 0 Å². The monoisotopic (exact) mass is 296 g/mol. The van der Waals surface area contributed by atoms with E-state index in [2.05, 4.69) is 0 Å². The lowest BCUT2D eigenvalue weighted by Crippen LogP contribution is -2.35. The zero-order chi connectivity index (χ0) is 14.8. The van der Waals surface area contributed by atoms with E-state index in [1.165, 1.54) is 0 Å². The maximum absolute atomic E-state index is 12.1. The molecular formula is C10H8ClF3N2O3. The van der Waals surface area contributed by atoms with Crippen molar-refractivity contribution in [1.29, 1.82) is 0 Å². The number of rotatable bonds is 3. The Kier molecular flexibility index (Phi) is 4.35. The Morgan fingerprint density at radius 2 is 2.05 bits per heavy atom. The van der Waals surface area contributed by atoms with Gasteiger partial charge in [-0.3, -0.25) is 14.9 Å². The van der Waals surface area contributed by atoms with E-state index in [0.717, 1.165) is 25.2 Å². The predicted molar refractivity (Wildman–Crippen MR) is 61.1 cm³/mol. The molecule has 0 unspecified atom stereocenters. The van der Waals surface area contributed by atoms with Crippen LogP contribution in [0.4, 0.5) is 18.9 Å². The molecule has 104 valence electrons. The van der Waals surface area contributed by atoms with Crippen molar-refractivity contribution in [3.05, 3.63) is 38.9 Å². The third-order valence-corrected chi connectivity index (χ3v) is 2.46. The lowest BCUT2D eigenvalue weighted by atomic mass is 10.2. The molecule has 0 radical (unpaired) electrons. The van der Waals surface area contributed by atoms with Crippen molar-refractivity contribution in [1.82, 2.24) is 4.90 Å². The number of carbonyl (C=O) groups is 1. The second kappa shape index (κ2) is 5.43. The molecule has 0 atom stereocenters. The third-order valence-electron chi connectivity index (χ3n) is 2.15.